The van der Waals surface area contributed by atoms with E-state index >= 15 is 0 Å². The van der Waals surface area contributed by atoms with Gasteiger partial charge in [-0.05, 0) is 53.3 Å². The van der Waals surface area contributed by atoms with Crippen LogP contribution < -0.4 is 4.74 Å². The lowest BCUT2D eigenvalue weighted by atomic mass is 9.88. The Morgan fingerprint density at radius 2 is 1.76 bits per heavy atom. The molecule has 1 heterocycles. The second kappa shape index (κ2) is 4.96. The molecule has 106 valence electrons. The lowest BCUT2D eigenvalue weighted by Crippen LogP contribution is -2.17. The van der Waals surface area contributed by atoms with E-state index in [-0.39, 0.29) is 0 Å². The number of benzene rings is 2. The van der Waals surface area contributed by atoms with E-state index in [1.807, 2.05) is 0 Å². The first-order valence-electron chi connectivity index (χ1n) is 7.55. The van der Waals surface area contributed by atoms with Gasteiger partial charge >= 0.3 is 0 Å². The van der Waals surface area contributed by atoms with Crippen molar-refractivity contribution in [1.29, 1.82) is 0 Å². The van der Waals surface area contributed by atoms with Gasteiger partial charge in [0.05, 0.1) is 7.11 Å². The van der Waals surface area contributed by atoms with Gasteiger partial charge in [0.1, 0.15) is 5.75 Å². The molecule has 2 nitrogen and oxygen atoms in total. The Kier molecular flexibility index (Phi) is 2.95. The average molecular weight is 277 g/mol. The van der Waals surface area contributed by atoms with Gasteiger partial charge in [-0.3, -0.25) is 0 Å². The number of aryl methyl sites for hydroxylation is 1. The van der Waals surface area contributed by atoms with Crippen LogP contribution in [0.2, 0.25) is 0 Å². The van der Waals surface area contributed by atoms with Crippen molar-refractivity contribution in [3.05, 3.63) is 66.0 Å². The molecule has 21 heavy (non-hydrogen) atoms. The number of hydrogen-bond acceptors (Lipinski definition) is 1. The first kappa shape index (κ1) is 12.5. The molecule has 4 rings (SSSR count). The average Bonchev–Trinajstić information content (AvgIpc) is 2.98. The molecule has 1 aliphatic carbocycles. The van der Waals surface area contributed by atoms with Crippen molar-refractivity contribution in [2.45, 2.75) is 25.3 Å². The van der Waals surface area contributed by atoms with Gasteiger partial charge in [0.25, 0.3) is 0 Å². The van der Waals surface area contributed by atoms with Crippen LogP contribution in [-0.4, -0.2) is 11.7 Å². The van der Waals surface area contributed by atoms with Crippen LogP contribution >= 0.6 is 0 Å². The summed E-state index contributed by atoms with van der Waals surface area (Å²) < 4.78 is 7.73. The number of ether oxygens (including phenoxy) is 1. The number of rotatable bonds is 2. The second-order valence-corrected chi connectivity index (χ2v) is 5.87. The summed E-state index contributed by atoms with van der Waals surface area (Å²) in [6, 6.07) is 15.7. The Bertz CT molecular complexity index is 754. The van der Waals surface area contributed by atoms with Crippen LogP contribution in [0.4, 0.5) is 0 Å². The third-order valence-electron chi connectivity index (χ3n) is 4.61. The molecule has 0 spiro atoms. The zero-order valence-corrected chi connectivity index (χ0v) is 12.3. The van der Waals surface area contributed by atoms with E-state index in [2.05, 4.69) is 59.4 Å². The fourth-order valence-electron chi connectivity index (χ4n) is 3.41. The van der Waals surface area contributed by atoms with Crippen LogP contribution in [0.5, 0.6) is 5.75 Å². The fourth-order valence-corrected chi connectivity index (χ4v) is 3.41. The van der Waals surface area contributed by atoms with Crippen LogP contribution in [0.15, 0.2) is 54.9 Å². The molecular formula is C19H19NO. The molecule has 3 aromatic rings. The summed E-state index contributed by atoms with van der Waals surface area (Å²) in [5.74, 6) is 0.971. The molecule has 1 aliphatic rings. The molecule has 1 unspecified atom stereocenters. The molecule has 1 aromatic heterocycles. The van der Waals surface area contributed by atoms with E-state index in [0.717, 1.165) is 18.6 Å². The van der Waals surface area contributed by atoms with Crippen LogP contribution in [0, 0.1) is 0 Å². The fraction of sp³-hybridized carbons (Fsp3) is 0.263. The number of aromatic nitrogens is 1. The molecule has 0 aliphatic heterocycles. The van der Waals surface area contributed by atoms with Gasteiger partial charge in [0.15, 0.2) is 0 Å². The van der Waals surface area contributed by atoms with Gasteiger partial charge in [-0.1, -0.05) is 30.3 Å². The van der Waals surface area contributed by atoms with Gasteiger partial charge in [-0.2, -0.15) is 0 Å². The molecule has 0 N–H and O–H groups in total. The van der Waals surface area contributed by atoms with Crippen LogP contribution in [-0.2, 0) is 12.8 Å². The number of fused-ring (bicyclic) bond motifs is 2. The molecule has 1 atom stereocenters. The van der Waals surface area contributed by atoms with Crippen LogP contribution in [0.3, 0.4) is 0 Å². The van der Waals surface area contributed by atoms with Crippen LogP contribution in [0.1, 0.15) is 23.6 Å². The number of nitrogens with zero attached hydrogens (tertiary/aromatic N) is 1. The third-order valence-corrected chi connectivity index (χ3v) is 4.61. The maximum atomic E-state index is 5.33. The van der Waals surface area contributed by atoms with Crippen molar-refractivity contribution in [1.82, 2.24) is 4.57 Å². The number of methoxy groups -OCH3 is 1. The standard InChI is InChI=1S/C19H19NO/c1-21-19-9-7-14-10-18(8-6-15(14)11-19)20-12-16-4-2-3-5-17(16)13-20/h2-5,7,9,11-13,18H,6,8,10H2,1H3. The van der Waals surface area contributed by atoms with Crippen molar-refractivity contribution in [3.63, 3.8) is 0 Å². The summed E-state index contributed by atoms with van der Waals surface area (Å²) in [6.07, 6.45) is 8.01. The lowest BCUT2D eigenvalue weighted by molar-refractivity contribution is 0.410. The summed E-state index contributed by atoms with van der Waals surface area (Å²) in [5, 5.41) is 2.66. The van der Waals surface area contributed by atoms with Gasteiger partial charge in [-0.15, -0.1) is 0 Å². The first-order valence-corrected chi connectivity index (χ1v) is 7.55. The summed E-state index contributed by atoms with van der Waals surface area (Å²) >= 11 is 0. The Morgan fingerprint density at radius 3 is 2.48 bits per heavy atom. The minimum Gasteiger partial charge on any atom is -0.497 e. The molecule has 0 bridgehead atoms. The monoisotopic (exact) mass is 277 g/mol. The molecule has 0 saturated heterocycles. The quantitative estimate of drug-likeness (QED) is 0.678. The minimum absolute atomic E-state index is 0.568. The van der Waals surface area contributed by atoms with E-state index in [1.165, 1.54) is 28.3 Å². The summed E-state index contributed by atoms with van der Waals surface area (Å²) in [6.45, 7) is 0. The molecular weight excluding hydrogens is 258 g/mol. The van der Waals surface area contributed by atoms with E-state index in [9.17, 15) is 0 Å². The molecule has 0 saturated carbocycles. The zero-order valence-electron chi connectivity index (χ0n) is 12.3. The molecule has 0 fully saturated rings. The molecule has 0 radical (unpaired) electrons. The van der Waals surface area contributed by atoms with E-state index in [1.54, 1.807) is 7.11 Å². The van der Waals surface area contributed by atoms with E-state index in [4.69, 9.17) is 4.74 Å². The van der Waals surface area contributed by atoms with Gasteiger partial charge in [-0.25, -0.2) is 0 Å². The van der Waals surface area contributed by atoms with E-state index < -0.39 is 0 Å². The normalized spacial score (nSPS) is 17.7. The lowest BCUT2D eigenvalue weighted by Gasteiger charge is -2.26. The van der Waals surface area contributed by atoms with E-state index in [0.29, 0.717) is 6.04 Å². The highest BCUT2D eigenvalue weighted by atomic mass is 16.5. The van der Waals surface area contributed by atoms with Gasteiger partial charge < -0.3 is 9.30 Å². The molecule has 2 heteroatoms. The van der Waals surface area contributed by atoms with Crippen molar-refractivity contribution < 1.29 is 4.74 Å². The maximum Gasteiger partial charge on any atom is 0.119 e. The van der Waals surface area contributed by atoms with Gasteiger partial charge in [0, 0.05) is 18.4 Å². The predicted molar refractivity (Wildman–Crippen MR) is 86.0 cm³/mol. The van der Waals surface area contributed by atoms with Crippen molar-refractivity contribution in [2.75, 3.05) is 7.11 Å². The summed E-state index contributed by atoms with van der Waals surface area (Å²) in [5.41, 5.74) is 2.91. The summed E-state index contributed by atoms with van der Waals surface area (Å²) in [4.78, 5) is 0. The van der Waals surface area contributed by atoms with Crippen molar-refractivity contribution in [3.8, 4) is 5.75 Å². The Morgan fingerprint density at radius 1 is 1.00 bits per heavy atom. The molecule has 2 aromatic carbocycles. The van der Waals surface area contributed by atoms with Gasteiger partial charge in [0.2, 0.25) is 0 Å². The van der Waals surface area contributed by atoms with Crippen molar-refractivity contribution in [2.24, 2.45) is 0 Å². The Labute approximate surface area is 125 Å². The highest BCUT2D eigenvalue weighted by Crippen LogP contribution is 2.32. The molecule has 0 amide bonds. The summed E-state index contributed by atoms with van der Waals surface area (Å²) in [7, 11) is 1.73. The largest absolute Gasteiger partial charge is 0.497 e. The third kappa shape index (κ3) is 2.21. The predicted octanol–water partition coefficient (Wildman–Crippen LogP) is 4.38. The number of hydrogen-bond donors (Lipinski definition) is 0. The topological polar surface area (TPSA) is 14.2 Å². The van der Waals surface area contributed by atoms with Crippen LogP contribution in [0.25, 0.3) is 10.8 Å². The smallest absolute Gasteiger partial charge is 0.119 e. The first-order chi connectivity index (χ1) is 10.3. The highest BCUT2D eigenvalue weighted by Gasteiger charge is 2.20. The highest BCUT2D eigenvalue weighted by molar-refractivity contribution is 5.82. The zero-order chi connectivity index (χ0) is 14.2. The SMILES string of the molecule is COc1ccc2c(c1)CCC(n1cc3ccccc3c1)C2. The maximum absolute atomic E-state index is 5.33. The minimum atomic E-state index is 0.568. The Balaban J connectivity index is 1.65. The second-order valence-electron chi connectivity index (χ2n) is 5.87. The van der Waals surface area contributed by atoms with Crippen molar-refractivity contribution >= 4 is 10.8 Å². The Hall–Kier alpha value is -2.22.